The smallest absolute Gasteiger partial charge is 0.280 e. The van der Waals surface area contributed by atoms with Crippen LogP contribution in [0.4, 0.5) is 4.39 Å². The number of amides is 1. The molecule has 0 spiro atoms. The lowest BCUT2D eigenvalue weighted by molar-refractivity contribution is -0.201. The van der Waals surface area contributed by atoms with Crippen molar-refractivity contribution in [2.24, 2.45) is 5.92 Å². The number of halogens is 1. The summed E-state index contributed by atoms with van der Waals surface area (Å²) < 4.78 is 32.4. The summed E-state index contributed by atoms with van der Waals surface area (Å²) in [5.74, 6) is -0.728. The van der Waals surface area contributed by atoms with E-state index in [4.69, 9.17) is 14.2 Å². The molecule has 0 radical (unpaired) electrons. The van der Waals surface area contributed by atoms with E-state index in [2.05, 4.69) is 22.1 Å². The van der Waals surface area contributed by atoms with E-state index in [0.29, 0.717) is 17.7 Å². The van der Waals surface area contributed by atoms with Crippen molar-refractivity contribution in [3.8, 4) is 16.9 Å². The molecule has 1 fully saturated rings. The monoisotopic (exact) mass is 559 g/mol. The molecule has 41 heavy (non-hydrogen) atoms. The molecule has 216 valence electrons. The SMILES string of the molecule is COc1ccc(-c2ccc(F)cc2C2(C3CCN(C(C)CCNC(=O)c4c(C)ccnc4C)CC3)OC=CO2)cc1. The van der Waals surface area contributed by atoms with Gasteiger partial charge in [-0.3, -0.25) is 9.78 Å². The van der Waals surface area contributed by atoms with Gasteiger partial charge in [-0.15, -0.1) is 0 Å². The zero-order chi connectivity index (χ0) is 29.0. The van der Waals surface area contributed by atoms with Crippen molar-refractivity contribution in [3.63, 3.8) is 0 Å². The van der Waals surface area contributed by atoms with Gasteiger partial charge in [-0.25, -0.2) is 4.39 Å². The first-order valence-corrected chi connectivity index (χ1v) is 14.2. The van der Waals surface area contributed by atoms with Crippen LogP contribution in [0.5, 0.6) is 5.75 Å². The Balaban J connectivity index is 1.25. The molecule has 0 saturated carbocycles. The fraction of sp³-hybridized carbons (Fsp3) is 0.394. The molecule has 1 saturated heterocycles. The predicted octanol–water partition coefficient (Wildman–Crippen LogP) is 6.10. The third kappa shape index (κ3) is 5.93. The van der Waals surface area contributed by atoms with E-state index in [1.807, 2.05) is 44.2 Å². The molecule has 2 aliphatic rings. The first-order valence-electron chi connectivity index (χ1n) is 14.2. The fourth-order valence-corrected chi connectivity index (χ4v) is 6.08. The molecule has 0 bridgehead atoms. The van der Waals surface area contributed by atoms with Crippen LogP contribution >= 0.6 is 0 Å². The number of carbonyl (C=O) groups is 1. The van der Waals surface area contributed by atoms with Gasteiger partial charge in [0.15, 0.2) is 0 Å². The summed E-state index contributed by atoms with van der Waals surface area (Å²) in [6, 6.07) is 14.7. The lowest BCUT2D eigenvalue weighted by atomic mass is 9.80. The summed E-state index contributed by atoms with van der Waals surface area (Å²) in [4.78, 5) is 19.5. The van der Waals surface area contributed by atoms with E-state index in [9.17, 15) is 9.18 Å². The summed E-state index contributed by atoms with van der Waals surface area (Å²) >= 11 is 0. The van der Waals surface area contributed by atoms with Crippen molar-refractivity contribution in [1.29, 1.82) is 0 Å². The highest BCUT2D eigenvalue weighted by molar-refractivity contribution is 5.96. The van der Waals surface area contributed by atoms with Gasteiger partial charge < -0.3 is 24.4 Å². The van der Waals surface area contributed by atoms with Gasteiger partial charge in [0, 0.05) is 30.3 Å². The molecule has 8 heteroatoms. The molecule has 1 N–H and O–H groups in total. The van der Waals surface area contributed by atoms with Crippen molar-refractivity contribution < 1.29 is 23.4 Å². The van der Waals surface area contributed by atoms with Crippen LogP contribution in [0.25, 0.3) is 11.1 Å². The number of carbonyl (C=O) groups excluding carboxylic acids is 1. The Morgan fingerprint density at radius 1 is 1.12 bits per heavy atom. The highest BCUT2D eigenvalue weighted by Gasteiger charge is 2.49. The Morgan fingerprint density at radius 3 is 2.49 bits per heavy atom. The third-order valence-electron chi connectivity index (χ3n) is 8.41. The van der Waals surface area contributed by atoms with Crippen LogP contribution in [-0.4, -0.2) is 48.6 Å². The molecule has 0 aliphatic carbocycles. The number of rotatable bonds is 9. The number of aromatic nitrogens is 1. The van der Waals surface area contributed by atoms with E-state index in [-0.39, 0.29) is 23.7 Å². The minimum absolute atomic E-state index is 0.0241. The molecule has 1 atom stereocenters. The number of hydrogen-bond acceptors (Lipinski definition) is 6. The molecule has 7 nitrogen and oxygen atoms in total. The second kappa shape index (κ2) is 12.3. The maximum Gasteiger partial charge on any atom is 0.280 e. The molecule has 2 aromatic carbocycles. The van der Waals surface area contributed by atoms with Crippen molar-refractivity contribution in [1.82, 2.24) is 15.2 Å². The first kappa shape index (κ1) is 28.6. The van der Waals surface area contributed by atoms with Crippen LogP contribution in [0.3, 0.4) is 0 Å². The normalized spacial score (nSPS) is 17.5. The average molecular weight is 560 g/mol. The summed E-state index contributed by atoms with van der Waals surface area (Å²) in [6.07, 6.45) is 7.33. The van der Waals surface area contributed by atoms with Crippen molar-refractivity contribution >= 4 is 5.91 Å². The highest BCUT2D eigenvalue weighted by Crippen LogP contribution is 2.47. The van der Waals surface area contributed by atoms with Crippen LogP contribution in [-0.2, 0) is 15.3 Å². The van der Waals surface area contributed by atoms with Gasteiger partial charge in [0.2, 0.25) is 0 Å². The van der Waals surface area contributed by atoms with Crippen molar-refractivity contribution in [2.45, 2.75) is 51.9 Å². The number of piperidine rings is 1. The Labute approximate surface area is 241 Å². The molecule has 3 heterocycles. The average Bonchev–Trinajstić information content (AvgIpc) is 3.48. The zero-order valence-corrected chi connectivity index (χ0v) is 24.2. The van der Waals surface area contributed by atoms with E-state index < -0.39 is 5.79 Å². The molecular weight excluding hydrogens is 521 g/mol. The van der Waals surface area contributed by atoms with Crippen LogP contribution in [0.15, 0.2) is 67.3 Å². The Hall–Kier alpha value is -3.91. The number of nitrogens with zero attached hydrogens (tertiary/aromatic N) is 2. The fourth-order valence-electron chi connectivity index (χ4n) is 6.08. The quantitative estimate of drug-likeness (QED) is 0.341. The largest absolute Gasteiger partial charge is 0.497 e. The lowest BCUT2D eigenvalue weighted by Gasteiger charge is -2.43. The number of benzene rings is 2. The second-order valence-electron chi connectivity index (χ2n) is 10.9. The standard InChI is InChI=1S/C33H38FN3O4/c1-22-11-15-35-24(3)31(22)32(38)36-16-12-23(2)37-17-13-26(14-18-37)33(40-19-20-41-33)30-21-27(34)7-10-29(30)25-5-8-28(39-4)9-6-25/h5-11,15,19-21,23,26H,12-14,16-18H2,1-4H3,(H,36,38). The molecule has 1 unspecified atom stereocenters. The highest BCUT2D eigenvalue weighted by atomic mass is 19.1. The maximum absolute atomic E-state index is 14.7. The van der Waals surface area contributed by atoms with Crippen molar-refractivity contribution in [2.75, 3.05) is 26.7 Å². The minimum atomic E-state index is -1.10. The number of hydrogen-bond donors (Lipinski definition) is 1. The van der Waals surface area contributed by atoms with Gasteiger partial charge in [0.25, 0.3) is 11.7 Å². The molecule has 1 aromatic heterocycles. The van der Waals surface area contributed by atoms with Crippen molar-refractivity contribution in [3.05, 3.63) is 95.5 Å². The van der Waals surface area contributed by atoms with E-state index in [1.54, 1.807) is 31.9 Å². The summed E-state index contributed by atoms with van der Waals surface area (Å²) in [7, 11) is 1.63. The number of aryl methyl sites for hydroxylation is 2. The van der Waals surface area contributed by atoms with Crippen LogP contribution in [0.2, 0.25) is 0 Å². The molecular formula is C33H38FN3O4. The summed E-state index contributed by atoms with van der Waals surface area (Å²) in [5, 5.41) is 3.07. The number of nitrogens with one attached hydrogen (secondary N) is 1. The summed E-state index contributed by atoms with van der Waals surface area (Å²) in [5.41, 5.74) is 4.81. The van der Waals surface area contributed by atoms with Gasteiger partial charge in [-0.05, 0) is 100 Å². The van der Waals surface area contributed by atoms with Crippen LogP contribution in [0.1, 0.15) is 53.4 Å². The minimum Gasteiger partial charge on any atom is -0.497 e. The molecule has 3 aromatic rings. The maximum atomic E-state index is 14.7. The van der Waals surface area contributed by atoms with Crippen LogP contribution < -0.4 is 10.1 Å². The Morgan fingerprint density at radius 2 is 1.83 bits per heavy atom. The van der Waals surface area contributed by atoms with E-state index >= 15 is 0 Å². The third-order valence-corrected chi connectivity index (χ3v) is 8.41. The zero-order valence-electron chi connectivity index (χ0n) is 24.2. The van der Waals surface area contributed by atoms with Gasteiger partial charge in [-0.1, -0.05) is 18.2 Å². The second-order valence-corrected chi connectivity index (χ2v) is 10.9. The molecule has 1 amide bonds. The lowest BCUT2D eigenvalue weighted by Crippen LogP contribution is -2.47. The Kier molecular flexibility index (Phi) is 8.59. The number of ether oxygens (including phenoxy) is 3. The van der Waals surface area contributed by atoms with Gasteiger partial charge in [0.1, 0.15) is 24.1 Å². The van der Waals surface area contributed by atoms with E-state index in [0.717, 1.165) is 60.5 Å². The molecule has 2 aliphatic heterocycles. The first-order chi connectivity index (χ1) is 19.8. The topological polar surface area (TPSA) is 72.9 Å². The van der Waals surface area contributed by atoms with Crippen LogP contribution in [0, 0.1) is 25.6 Å². The Bertz CT molecular complexity index is 1370. The van der Waals surface area contributed by atoms with E-state index in [1.165, 1.54) is 12.1 Å². The molecule has 5 rings (SSSR count). The van der Waals surface area contributed by atoms with Gasteiger partial charge in [0.05, 0.1) is 18.4 Å². The predicted molar refractivity (Wildman–Crippen MR) is 156 cm³/mol. The number of likely N-dealkylation sites (tertiary alicyclic amines) is 1. The van der Waals surface area contributed by atoms with Gasteiger partial charge >= 0.3 is 0 Å². The summed E-state index contributed by atoms with van der Waals surface area (Å²) in [6.45, 7) is 8.27. The number of methoxy groups -OCH3 is 1. The van der Waals surface area contributed by atoms with Gasteiger partial charge in [-0.2, -0.15) is 0 Å². The number of pyridine rings is 1.